The highest BCUT2D eigenvalue weighted by Gasteiger charge is 2.49. The van der Waals surface area contributed by atoms with E-state index in [1.54, 1.807) is 26.0 Å². The van der Waals surface area contributed by atoms with E-state index in [-0.39, 0.29) is 22.3 Å². The highest BCUT2D eigenvalue weighted by molar-refractivity contribution is 7.92. The minimum Gasteiger partial charge on any atom is -0.337 e. The number of sulfonamides is 1. The monoisotopic (exact) mass is 552 g/mol. The molecule has 8 nitrogen and oxygen atoms in total. The molecule has 2 aliphatic rings. The minimum absolute atomic E-state index is 0.0222. The molecule has 0 atom stereocenters. The molecule has 1 amide bonds. The lowest BCUT2D eigenvalue weighted by Gasteiger charge is -2.23. The number of aromatic nitrogens is 1. The number of unbranched alkanes of at least 4 members (excludes halogenated alkanes) is 1. The van der Waals surface area contributed by atoms with Crippen LogP contribution in [0.1, 0.15) is 68.7 Å². The van der Waals surface area contributed by atoms with E-state index in [4.69, 9.17) is 9.52 Å². The van der Waals surface area contributed by atoms with Crippen LogP contribution in [0.3, 0.4) is 0 Å². The predicted molar refractivity (Wildman–Crippen MR) is 147 cm³/mol. The average molecular weight is 553 g/mol. The molecule has 10 heteroatoms. The summed E-state index contributed by atoms with van der Waals surface area (Å²) in [4.78, 5) is 20.1. The van der Waals surface area contributed by atoms with Crippen LogP contribution in [0.2, 0.25) is 0 Å². The Hall–Kier alpha value is -3.53. The van der Waals surface area contributed by atoms with Crippen LogP contribution in [0.5, 0.6) is 0 Å². The normalized spacial score (nSPS) is 16.8. The number of amidine groups is 1. The van der Waals surface area contributed by atoms with Crippen LogP contribution in [0, 0.1) is 19.7 Å². The summed E-state index contributed by atoms with van der Waals surface area (Å²) in [6.07, 6.45) is 6.39. The van der Waals surface area contributed by atoms with Crippen molar-refractivity contribution in [3.8, 4) is 11.1 Å². The van der Waals surface area contributed by atoms with Gasteiger partial charge in [0, 0.05) is 17.5 Å². The van der Waals surface area contributed by atoms with Gasteiger partial charge in [-0.25, -0.2) is 17.5 Å². The molecule has 1 aliphatic heterocycles. The van der Waals surface area contributed by atoms with E-state index in [0.717, 1.165) is 62.4 Å². The van der Waals surface area contributed by atoms with Gasteiger partial charge in [-0.2, -0.15) is 0 Å². The first-order valence-electron chi connectivity index (χ1n) is 13.4. The maximum absolute atomic E-state index is 14.3. The highest BCUT2D eigenvalue weighted by atomic mass is 32.2. The number of amides is 1. The van der Waals surface area contributed by atoms with Gasteiger partial charge in [-0.05, 0) is 62.4 Å². The Morgan fingerprint density at radius 1 is 1.10 bits per heavy atom. The fraction of sp³-hybridized carbons (Fsp3) is 0.414. The second-order valence-electron chi connectivity index (χ2n) is 10.4. The van der Waals surface area contributed by atoms with Crippen molar-refractivity contribution < 1.29 is 22.1 Å². The number of aryl methyl sites for hydroxylation is 1. The van der Waals surface area contributed by atoms with Crippen molar-refractivity contribution in [3.63, 3.8) is 0 Å². The molecule has 1 aromatic heterocycles. The Bertz CT molecular complexity index is 1520. The molecule has 2 heterocycles. The van der Waals surface area contributed by atoms with Crippen LogP contribution in [-0.4, -0.2) is 35.8 Å². The largest absolute Gasteiger partial charge is 0.337 e. The first-order valence-corrected chi connectivity index (χ1v) is 14.9. The molecule has 3 aromatic rings. The zero-order chi connectivity index (χ0) is 27.8. The number of nitrogens with one attached hydrogen (secondary N) is 1. The van der Waals surface area contributed by atoms with Crippen LogP contribution in [0.4, 0.5) is 10.3 Å². The molecular formula is C29H33FN4O4S. The van der Waals surface area contributed by atoms with Gasteiger partial charge in [0.25, 0.3) is 15.9 Å². The molecule has 1 spiro atoms. The van der Waals surface area contributed by atoms with E-state index in [1.165, 1.54) is 12.1 Å². The van der Waals surface area contributed by atoms with Gasteiger partial charge in [-0.3, -0.25) is 14.7 Å². The first-order chi connectivity index (χ1) is 18.6. The molecule has 2 aromatic carbocycles. The van der Waals surface area contributed by atoms with E-state index in [2.05, 4.69) is 16.8 Å². The van der Waals surface area contributed by atoms with Crippen molar-refractivity contribution in [1.82, 2.24) is 10.1 Å². The number of carbonyl (C=O) groups is 1. The Kier molecular flexibility index (Phi) is 7.33. The van der Waals surface area contributed by atoms with E-state index >= 15 is 0 Å². The molecule has 1 saturated carbocycles. The van der Waals surface area contributed by atoms with Gasteiger partial charge in [0.05, 0.1) is 17.1 Å². The van der Waals surface area contributed by atoms with Crippen molar-refractivity contribution in [3.05, 3.63) is 65.1 Å². The van der Waals surface area contributed by atoms with Gasteiger partial charge < -0.3 is 4.52 Å². The standard InChI is InChI=1S/C29H33FN4O4S/c1-4-5-8-26-31-29(15-6-7-16-29)28(35)34(26)18-21-9-11-22(12-10-21)24-17-23(30)13-14-25(24)39(36,37)33-27-19(2)20(3)32-38-27/h9-14,17,33H,4-8,15-16,18H2,1-3H3. The van der Waals surface area contributed by atoms with Gasteiger partial charge in [0.1, 0.15) is 17.2 Å². The van der Waals surface area contributed by atoms with Gasteiger partial charge >= 0.3 is 0 Å². The zero-order valence-corrected chi connectivity index (χ0v) is 23.3. The number of carbonyl (C=O) groups excluding carboxylic acids is 1. The quantitative estimate of drug-likeness (QED) is 0.343. The SMILES string of the molecule is CCCCC1=NC2(CCCC2)C(=O)N1Cc1ccc(-c2cc(F)ccc2S(=O)(=O)Nc2onc(C)c2C)cc1. The third kappa shape index (κ3) is 5.22. The van der Waals surface area contributed by atoms with Gasteiger partial charge in [0.15, 0.2) is 0 Å². The molecule has 1 fully saturated rings. The van der Waals surface area contributed by atoms with Crippen LogP contribution in [0.25, 0.3) is 11.1 Å². The lowest BCUT2D eigenvalue weighted by Crippen LogP contribution is -2.40. The smallest absolute Gasteiger partial charge is 0.264 e. The predicted octanol–water partition coefficient (Wildman–Crippen LogP) is 6.14. The summed E-state index contributed by atoms with van der Waals surface area (Å²) in [7, 11) is -4.10. The van der Waals surface area contributed by atoms with Crippen molar-refractivity contribution in [2.75, 3.05) is 4.72 Å². The van der Waals surface area contributed by atoms with Crippen molar-refractivity contribution in [2.45, 2.75) is 82.7 Å². The lowest BCUT2D eigenvalue weighted by molar-refractivity contribution is -0.131. The summed E-state index contributed by atoms with van der Waals surface area (Å²) >= 11 is 0. The van der Waals surface area contributed by atoms with E-state index in [9.17, 15) is 17.6 Å². The summed E-state index contributed by atoms with van der Waals surface area (Å²) in [5.41, 5.74) is 2.18. The van der Waals surface area contributed by atoms with Crippen molar-refractivity contribution in [1.29, 1.82) is 0 Å². The summed E-state index contributed by atoms with van der Waals surface area (Å²) in [5, 5.41) is 3.79. The molecular weight excluding hydrogens is 519 g/mol. The fourth-order valence-electron chi connectivity index (χ4n) is 5.32. The lowest BCUT2D eigenvalue weighted by atomic mass is 9.98. The number of anilines is 1. The van der Waals surface area contributed by atoms with Gasteiger partial charge in [0.2, 0.25) is 5.88 Å². The molecule has 5 rings (SSSR count). The van der Waals surface area contributed by atoms with E-state index in [1.807, 2.05) is 17.0 Å². The number of hydrogen-bond donors (Lipinski definition) is 1. The maximum Gasteiger partial charge on any atom is 0.264 e. The number of hydrogen-bond acceptors (Lipinski definition) is 6. The topological polar surface area (TPSA) is 105 Å². The van der Waals surface area contributed by atoms with Crippen LogP contribution in [0.15, 0.2) is 56.9 Å². The number of benzene rings is 2. The molecule has 0 unspecified atom stereocenters. The van der Waals surface area contributed by atoms with Gasteiger partial charge in [-0.1, -0.05) is 55.6 Å². The average Bonchev–Trinajstić information content (AvgIpc) is 3.59. The summed E-state index contributed by atoms with van der Waals surface area (Å²) in [5.74, 6) is 0.406. The Balaban J connectivity index is 1.41. The maximum atomic E-state index is 14.3. The first kappa shape index (κ1) is 27.1. The van der Waals surface area contributed by atoms with Crippen molar-refractivity contribution in [2.24, 2.45) is 4.99 Å². The van der Waals surface area contributed by atoms with Crippen molar-refractivity contribution >= 4 is 27.7 Å². The third-order valence-electron chi connectivity index (χ3n) is 7.70. The van der Waals surface area contributed by atoms with Crippen LogP contribution in [-0.2, 0) is 21.4 Å². The number of aliphatic imine (C=N–C) groups is 1. The third-order valence-corrected chi connectivity index (χ3v) is 9.09. The molecule has 0 saturated heterocycles. The number of rotatable bonds is 9. The summed E-state index contributed by atoms with van der Waals surface area (Å²) < 4.78 is 48.4. The van der Waals surface area contributed by atoms with E-state index < -0.39 is 21.4 Å². The summed E-state index contributed by atoms with van der Waals surface area (Å²) in [6.45, 7) is 5.93. The molecule has 0 radical (unpaired) electrons. The molecule has 0 bridgehead atoms. The number of nitrogens with zero attached hydrogens (tertiary/aromatic N) is 3. The van der Waals surface area contributed by atoms with Crippen LogP contribution >= 0.6 is 0 Å². The van der Waals surface area contributed by atoms with E-state index in [0.29, 0.717) is 23.4 Å². The molecule has 39 heavy (non-hydrogen) atoms. The summed E-state index contributed by atoms with van der Waals surface area (Å²) in [6, 6.07) is 10.7. The Labute approximate surface area is 228 Å². The fourth-order valence-corrected chi connectivity index (χ4v) is 6.58. The number of halogens is 1. The molecule has 1 aliphatic carbocycles. The highest BCUT2D eigenvalue weighted by Crippen LogP contribution is 2.40. The Morgan fingerprint density at radius 2 is 1.82 bits per heavy atom. The zero-order valence-electron chi connectivity index (χ0n) is 22.5. The van der Waals surface area contributed by atoms with Crippen LogP contribution < -0.4 is 4.72 Å². The molecule has 206 valence electrons. The van der Waals surface area contributed by atoms with Gasteiger partial charge in [-0.15, -0.1) is 0 Å². The minimum atomic E-state index is -4.10. The molecule has 1 N–H and O–H groups in total. The second-order valence-corrected chi connectivity index (χ2v) is 12.1. The second kappa shape index (κ2) is 10.6. The Morgan fingerprint density at radius 3 is 2.46 bits per heavy atom.